The Hall–Kier alpha value is -1.51. The van der Waals surface area contributed by atoms with Crippen LogP contribution < -0.4 is 10.1 Å². The molecule has 0 radical (unpaired) electrons. The highest BCUT2D eigenvalue weighted by atomic mass is 127. The van der Waals surface area contributed by atoms with Crippen LogP contribution in [-0.2, 0) is 16.1 Å². The second-order valence-electron chi connectivity index (χ2n) is 6.79. The Kier molecular flexibility index (Phi) is 10.2. The van der Waals surface area contributed by atoms with Gasteiger partial charge in [0.25, 0.3) is 5.91 Å². The van der Waals surface area contributed by atoms with Gasteiger partial charge >= 0.3 is 0 Å². The molecule has 2 rings (SSSR count). The predicted octanol–water partition coefficient (Wildman–Crippen LogP) is 5.31. The molecule has 0 spiro atoms. The summed E-state index contributed by atoms with van der Waals surface area (Å²) in [5.74, 6) is 0.0245. The highest BCUT2D eigenvalue weighted by molar-refractivity contribution is 14.1. The second kappa shape index (κ2) is 12.4. The van der Waals surface area contributed by atoms with Crippen LogP contribution in [-0.4, -0.2) is 35.9 Å². The number of unbranched alkanes of at least 4 members (excludes halogenated alkanes) is 1. The van der Waals surface area contributed by atoms with Crippen molar-refractivity contribution >= 4 is 57.6 Å². The van der Waals surface area contributed by atoms with Crippen LogP contribution in [0.15, 0.2) is 42.5 Å². The minimum atomic E-state index is -0.706. The van der Waals surface area contributed by atoms with Crippen molar-refractivity contribution in [3.63, 3.8) is 0 Å². The van der Waals surface area contributed by atoms with E-state index in [4.69, 9.17) is 27.9 Å². The van der Waals surface area contributed by atoms with Gasteiger partial charge < -0.3 is 15.0 Å². The maximum atomic E-state index is 13.0. The molecule has 0 heterocycles. The van der Waals surface area contributed by atoms with E-state index in [9.17, 15) is 9.59 Å². The molecule has 5 nitrogen and oxygen atoms in total. The SMILES string of the molecule is CCCCNC(=O)[C@H](C)N(Cc1c(Cl)cccc1Cl)C(=O)COc1ccc(I)cc1. The fraction of sp³-hybridized carbons (Fsp3) is 0.364. The smallest absolute Gasteiger partial charge is 0.261 e. The van der Waals surface area contributed by atoms with Crippen LogP contribution in [0.3, 0.4) is 0 Å². The van der Waals surface area contributed by atoms with Crippen molar-refractivity contribution in [2.75, 3.05) is 13.2 Å². The molecule has 0 aliphatic carbocycles. The van der Waals surface area contributed by atoms with Gasteiger partial charge in [0.15, 0.2) is 6.61 Å². The van der Waals surface area contributed by atoms with E-state index in [1.54, 1.807) is 37.3 Å². The van der Waals surface area contributed by atoms with Gasteiger partial charge in [0.05, 0.1) is 0 Å². The lowest BCUT2D eigenvalue weighted by molar-refractivity contribution is -0.142. The Bertz CT molecular complexity index is 842. The van der Waals surface area contributed by atoms with Crippen molar-refractivity contribution in [2.24, 2.45) is 0 Å². The molecule has 0 saturated heterocycles. The van der Waals surface area contributed by atoms with Crippen LogP contribution in [0.1, 0.15) is 32.3 Å². The van der Waals surface area contributed by atoms with E-state index in [1.165, 1.54) is 4.90 Å². The molecule has 0 fully saturated rings. The van der Waals surface area contributed by atoms with Crippen LogP contribution >= 0.6 is 45.8 Å². The number of nitrogens with zero attached hydrogens (tertiary/aromatic N) is 1. The van der Waals surface area contributed by atoms with Gasteiger partial charge in [0.1, 0.15) is 11.8 Å². The van der Waals surface area contributed by atoms with E-state index in [0.29, 0.717) is 27.9 Å². The molecule has 2 aromatic rings. The van der Waals surface area contributed by atoms with Crippen LogP contribution in [0.5, 0.6) is 5.75 Å². The first-order valence-corrected chi connectivity index (χ1v) is 11.5. The Morgan fingerprint density at radius 2 is 1.77 bits per heavy atom. The van der Waals surface area contributed by atoms with E-state index in [2.05, 4.69) is 27.9 Å². The summed E-state index contributed by atoms with van der Waals surface area (Å²) in [4.78, 5) is 27.1. The van der Waals surface area contributed by atoms with Crippen molar-refractivity contribution in [3.8, 4) is 5.75 Å². The summed E-state index contributed by atoms with van der Waals surface area (Å²) < 4.78 is 6.71. The molecule has 1 atom stereocenters. The van der Waals surface area contributed by atoms with Gasteiger partial charge in [-0.05, 0) is 72.3 Å². The van der Waals surface area contributed by atoms with Gasteiger partial charge in [-0.2, -0.15) is 0 Å². The quantitative estimate of drug-likeness (QED) is 0.315. The zero-order valence-electron chi connectivity index (χ0n) is 17.0. The number of benzene rings is 2. The van der Waals surface area contributed by atoms with E-state index in [0.717, 1.165) is 16.4 Å². The van der Waals surface area contributed by atoms with Crippen LogP contribution in [0.4, 0.5) is 0 Å². The molecule has 0 aromatic heterocycles. The summed E-state index contributed by atoms with van der Waals surface area (Å²) in [6, 6.07) is 11.8. The summed E-state index contributed by atoms with van der Waals surface area (Å²) in [5.41, 5.74) is 0.594. The number of hydrogen-bond donors (Lipinski definition) is 1. The van der Waals surface area contributed by atoms with Crippen molar-refractivity contribution in [1.29, 1.82) is 0 Å². The fourth-order valence-electron chi connectivity index (χ4n) is 2.73. The fourth-order valence-corrected chi connectivity index (χ4v) is 3.61. The molecule has 2 aromatic carbocycles. The molecule has 0 unspecified atom stereocenters. The van der Waals surface area contributed by atoms with Crippen molar-refractivity contribution in [2.45, 2.75) is 39.3 Å². The predicted molar refractivity (Wildman–Crippen MR) is 129 cm³/mol. The second-order valence-corrected chi connectivity index (χ2v) is 8.85. The highest BCUT2D eigenvalue weighted by Crippen LogP contribution is 2.26. The Balaban J connectivity index is 2.17. The molecule has 1 N–H and O–H groups in total. The van der Waals surface area contributed by atoms with Crippen LogP contribution in [0.2, 0.25) is 10.0 Å². The zero-order valence-corrected chi connectivity index (χ0v) is 20.6. The monoisotopic (exact) mass is 562 g/mol. The first-order chi connectivity index (χ1) is 14.3. The maximum absolute atomic E-state index is 13.0. The Morgan fingerprint density at radius 3 is 2.37 bits per heavy atom. The van der Waals surface area contributed by atoms with Gasteiger partial charge in [-0.15, -0.1) is 0 Å². The first kappa shape index (κ1) is 24.8. The van der Waals surface area contributed by atoms with E-state index >= 15 is 0 Å². The topological polar surface area (TPSA) is 58.6 Å². The summed E-state index contributed by atoms with van der Waals surface area (Å²) in [6.45, 7) is 4.21. The van der Waals surface area contributed by atoms with Gasteiger partial charge in [0, 0.05) is 32.3 Å². The van der Waals surface area contributed by atoms with Gasteiger partial charge in [-0.3, -0.25) is 9.59 Å². The van der Waals surface area contributed by atoms with Crippen LogP contribution in [0.25, 0.3) is 0 Å². The third-order valence-electron chi connectivity index (χ3n) is 4.56. The highest BCUT2D eigenvalue weighted by Gasteiger charge is 2.27. The summed E-state index contributed by atoms with van der Waals surface area (Å²) in [5, 5.41) is 3.76. The average molecular weight is 563 g/mol. The standard InChI is InChI=1S/C22H25Cl2IN2O3/c1-3-4-12-26-22(29)15(2)27(13-18-19(23)6-5-7-20(18)24)21(28)14-30-17-10-8-16(25)9-11-17/h5-11,15H,3-4,12-14H2,1-2H3,(H,26,29)/t15-/m0/s1. The number of ether oxygens (including phenoxy) is 1. The van der Waals surface area contributed by atoms with E-state index < -0.39 is 6.04 Å². The summed E-state index contributed by atoms with van der Waals surface area (Å²) >= 11 is 14.8. The first-order valence-electron chi connectivity index (χ1n) is 9.72. The van der Waals surface area contributed by atoms with E-state index in [1.807, 2.05) is 19.1 Å². The van der Waals surface area contributed by atoms with Crippen molar-refractivity contribution < 1.29 is 14.3 Å². The summed E-state index contributed by atoms with van der Waals surface area (Å²) in [6.07, 6.45) is 1.84. The molecule has 0 saturated carbocycles. The lowest BCUT2D eigenvalue weighted by Gasteiger charge is -2.29. The number of rotatable bonds is 10. The number of carbonyl (C=O) groups is 2. The lowest BCUT2D eigenvalue weighted by Crippen LogP contribution is -2.49. The number of halogens is 3. The number of amides is 2. The molecule has 0 bridgehead atoms. The number of carbonyl (C=O) groups excluding carboxylic acids is 2. The average Bonchev–Trinajstić information content (AvgIpc) is 2.72. The molecule has 162 valence electrons. The van der Waals surface area contributed by atoms with E-state index in [-0.39, 0.29) is 25.0 Å². The van der Waals surface area contributed by atoms with Gasteiger partial charge in [-0.1, -0.05) is 42.6 Å². The maximum Gasteiger partial charge on any atom is 0.261 e. The normalized spacial score (nSPS) is 11.6. The van der Waals surface area contributed by atoms with Crippen molar-refractivity contribution in [1.82, 2.24) is 10.2 Å². The third-order valence-corrected chi connectivity index (χ3v) is 5.99. The molecule has 30 heavy (non-hydrogen) atoms. The molecular formula is C22H25Cl2IN2O3. The molecule has 8 heteroatoms. The molecular weight excluding hydrogens is 538 g/mol. The van der Waals surface area contributed by atoms with Crippen LogP contribution in [0, 0.1) is 3.57 Å². The minimum absolute atomic E-state index is 0.107. The van der Waals surface area contributed by atoms with Gasteiger partial charge in [0.2, 0.25) is 5.91 Å². The Labute approximate surface area is 201 Å². The molecule has 2 amide bonds. The zero-order chi connectivity index (χ0) is 22.1. The molecule has 0 aliphatic heterocycles. The number of nitrogens with one attached hydrogen (secondary N) is 1. The third kappa shape index (κ3) is 7.32. The lowest BCUT2D eigenvalue weighted by atomic mass is 10.1. The largest absolute Gasteiger partial charge is 0.484 e. The minimum Gasteiger partial charge on any atom is -0.484 e. The number of hydrogen-bond acceptors (Lipinski definition) is 3. The van der Waals surface area contributed by atoms with Crippen molar-refractivity contribution in [3.05, 3.63) is 61.6 Å². The summed E-state index contributed by atoms with van der Waals surface area (Å²) in [7, 11) is 0. The molecule has 0 aliphatic rings. The van der Waals surface area contributed by atoms with Gasteiger partial charge in [-0.25, -0.2) is 0 Å². The Morgan fingerprint density at radius 1 is 1.13 bits per heavy atom.